The predicted octanol–water partition coefficient (Wildman–Crippen LogP) is 3.82. The molecule has 1 heterocycles. The quantitative estimate of drug-likeness (QED) is 0.664. The second kappa shape index (κ2) is 4.09. The molecule has 0 bridgehead atoms. The first kappa shape index (κ1) is 9.66. The van der Waals surface area contributed by atoms with Crippen LogP contribution < -0.4 is 0 Å². The highest BCUT2D eigenvalue weighted by molar-refractivity contribution is 5.85. The highest BCUT2D eigenvalue weighted by atomic mass is 14.7. The number of allylic oxidation sites excluding steroid dienone is 3. The zero-order valence-corrected chi connectivity index (χ0v) is 8.77. The van der Waals surface area contributed by atoms with Crippen molar-refractivity contribution < 1.29 is 0 Å². The van der Waals surface area contributed by atoms with E-state index in [9.17, 15) is 0 Å². The van der Waals surface area contributed by atoms with E-state index >= 15 is 0 Å². The van der Waals surface area contributed by atoms with Gasteiger partial charge in [0.25, 0.3) is 0 Å². The van der Waals surface area contributed by atoms with E-state index in [2.05, 4.69) is 29.8 Å². The zero-order valence-electron chi connectivity index (χ0n) is 8.77. The van der Waals surface area contributed by atoms with Crippen molar-refractivity contribution in [3.05, 3.63) is 61.0 Å². The second-order valence-corrected chi connectivity index (χ2v) is 3.36. The van der Waals surface area contributed by atoms with E-state index < -0.39 is 0 Å². The van der Waals surface area contributed by atoms with Gasteiger partial charge >= 0.3 is 0 Å². The average Bonchev–Trinajstić information content (AvgIpc) is 2.30. The molecular weight excluding hydrogens is 182 g/mol. The van der Waals surface area contributed by atoms with E-state index in [1.54, 1.807) is 0 Å². The van der Waals surface area contributed by atoms with E-state index in [-0.39, 0.29) is 0 Å². The third-order valence-electron chi connectivity index (χ3n) is 2.46. The maximum absolute atomic E-state index is 4.41. The molecule has 74 valence electrons. The number of nitrogens with zero attached hydrogens (tertiary/aromatic N) is 1. The molecule has 2 rings (SSSR count). The van der Waals surface area contributed by atoms with Crippen LogP contribution in [0, 0.1) is 0 Å². The molecule has 0 atom stereocenters. The number of aromatic nitrogens is 1. The Morgan fingerprint density at radius 1 is 1.27 bits per heavy atom. The van der Waals surface area contributed by atoms with Crippen molar-refractivity contribution in [2.45, 2.75) is 6.92 Å². The molecule has 0 aliphatic rings. The van der Waals surface area contributed by atoms with Crippen LogP contribution in [-0.4, -0.2) is 4.98 Å². The summed E-state index contributed by atoms with van der Waals surface area (Å²) >= 11 is 0. The Hall–Kier alpha value is -1.89. The van der Waals surface area contributed by atoms with Gasteiger partial charge in [-0.3, -0.25) is 4.98 Å². The molecule has 0 N–H and O–H groups in total. The van der Waals surface area contributed by atoms with Crippen LogP contribution in [0.1, 0.15) is 12.6 Å². The number of hydrogen-bond donors (Lipinski definition) is 0. The normalized spacial score (nSPS) is 11.7. The first-order valence-corrected chi connectivity index (χ1v) is 4.99. The van der Waals surface area contributed by atoms with Crippen LogP contribution in [0.2, 0.25) is 0 Å². The summed E-state index contributed by atoms with van der Waals surface area (Å²) in [5.74, 6) is 0. The van der Waals surface area contributed by atoms with Crippen LogP contribution in [0.5, 0.6) is 0 Å². The smallest absolute Gasteiger partial charge is 0.0704 e. The van der Waals surface area contributed by atoms with Crippen molar-refractivity contribution in [2.24, 2.45) is 0 Å². The first-order chi connectivity index (χ1) is 7.35. The number of rotatable bonds is 2. The van der Waals surface area contributed by atoms with Gasteiger partial charge in [-0.1, -0.05) is 43.0 Å². The Labute approximate surface area is 89.8 Å². The standard InChI is InChI=1S/C14H13N/c1-3-11(4-2)14-9-12-7-5-6-8-13(12)10-15-14/h3-10H,1H2,2H3/b11-4+. The van der Waals surface area contributed by atoms with E-state index in [0.29, 0.717) is 0 Å². The zero-order chi connectivity index (χ0) is 10.7. The Morgan fingerprint density at radius 2 is 2.00 bits per heavy atom. The fraction of sp³-hybridized carbons (Fsp3) is 0.0714. The molecule has 15 heavy (non-hydrogen) atoms. The number of pyridine rings is 1. The molecule has 0 fully saturated rings. The van der Waals surface area contributed by atoms with Gasteiger partial charge in [0.15, 0.2) is 0 Å². The maximum Gasteiger partial charge on any atom is 0.0704 e. The third kappa shape index (κ3) is 1.82. The van der Waals surface area contributed by atoms with Gasteiger partial charge in [0, 0.05) is 11.6 Å². The summed E-state index contributed by atoms with van der Waals surface area (Å²) in [5, 5.41) is 2.38. The van der Waals surface area contributed by atoms with Gasteiger partial charge in [0.2, 0.25) is 0 Å². The minimum Gasteiger partial charge on any atom is -0.256 e. The van der Waals surface area contributed by atoms with Crippen molar-refractivity contribution >= 4 is 16.3 Å². The molecule has 0 saturated heterocycles. The van der Waals surface area contributed by atoms with Gasteiger partial charge in [-0.25, -0.2) is 0 Å². The molecule has 0 amide bonds. The minimum absolute atomic E-state index is 0.978. The summed E-state index contributed by atoms with van der Waals surface area (Å²) in [5.41, 5.74) is 2.05. The summed E-state index contributed by atoms with van der Waals surface area (Å²) in [7, 11) is 0. The van der Waals surface area contributed by atoms with Gasteiger partial charge in [0.1, 0.15) is 0 Å². The highest BCUT2D eigenvalue weighted by Gasteiger charge is 1.99. The summed E-state index contributed by atoms with van der Waals surface area (Å²) < 4.78 is 0. The van der Waals surface area contributed by atoms with Gasteiger partial charge in [0.05, 0.1) is 5.69 Å². The Bertz CT molecular complexity index is 524. The van der Waals surface area contributed by atoms with Crippen molar-refractivity contribution in [3.8, 4) is 0 Å². The monoisotopic (exact) mass is 195 g/mol. The summed E-state index contributed by atoms with van der Waals surface area (Å²) in [6.07, 6.45) is 5.75. The topological polar surface area (TPSA) is 12.9 Å². The lowest BCUT2D eigenvalue weighted by atomic mass is 10.1. The molecule has 0 aliphatic carbocycles. The lowest BCUT2D eigenvalue weighted by Crippen LogP contribution is -1.86. The van der Waals surface area contributed by atoms with Gasteiger partial charge in [-0.2, -0.15) is 0 Å². The highest BCUT2D eigenvalue weighted by Crippen LogP contribution is 2.18. The van der Waals surface area contributed by atoms with Crippen molar-refractivity contribution in [2.75, 3.05) is 0 Å². The predicted molar refractivity (Wildman–Crippen MR) is 65.6 cm³/mol. The fourth-order valence-corrected chi connectivity index (χ4v) is 1.61. The lowest BCUT2D eigenvalue weighted by molar-refractivity contribution is 1.31. The van der Waals surface area contributed by atoms with Gasteiger partial charge < -0.3 is 0 Å². The minimum atomic E-state index is 0.978. The molecular formula is C14H13N. The summed E-state index contributed by atoms with van der Waals surface area (Å²) in [4.78, 5) is 4.41. The molecule has 1 nitrogen and oxygen atoms in total. The van der Waals surface area contributed by atoms with Crippen LogP contribution in [0.3, 0.4) is 0 Å². The first-order valence-electron chi connectivity index (χ1n) is 4.99. The Balaban J connectivity index is 2.61. The van der Waals surface area contributed by atoms with E-state index in [1.807, 2.05) is 37.4 Å². The Kier molecular flexibility index (Phi) is 2.64. The lowest BCUT2D eigenvalue weighted by Gasteiger charge is -2.02. The maximum atomic E-state index is 4.41. The van der Waals surface area contributed by atoms with Crippen LogP contribution >= 0.6 is 0 Å². The van der Waals surface area contributed by atoms with Gasteiger partial charge in [-0.05, 0) is 23.9 Å². The van der Waals surface area contributed by atoms with Crippen LogP contribution in [-0.2, 0) is 0 Å². The number of hydrogen-bond acceptors (Lipinski definition) is 1. The molecule has 0 unspecified atom stereocenters. The molecule has 0 spiro atoms. The average molecular weight is 195 g/mol. The molecule has 0 saturated carbocycles. The fourth-order valence-electron chi connectivity index (χ4n) is 1.61. The summed E-state index contributed by atoms with van der Waals surface area (Å²) in [6, 6.07) is 10.3. The summed E-state index contributed by atoms with van der Waals surface area (Å²) in [6.45, 7) is 5.77. The van der Waals surface area contributed by atoms with Crippen LogP contribution in [0.25, 0.3) is 16.3 Å². The molecule has 0 radical (unpaired) electrons. The van der Waals surface area contributed by atoms with Gasteiger partial charge in [-0.15, -0.1) is 0 Å². The largest absolute Gasteiger partial charge is 0.256 e. The molecule has 0 aliphatic heterocycles. The van der Waals surface area contributed by atoms with E-state index in [0.717, 1.165) is 11.3 Å². The molecule has 1 heteroatoms. The van der Waals surface area contributed by atoms with E-state index in [4.69, 9.17) is 0 Å². The second-order valence-electron chi connectivity index (χ2n) is 3.36. The van der Waals surface area contributed by atoms with Crippen LogP contribution in [0.15, 0.2) is 55.3 Å². The molecule has 1 aromatic carbocycles. The Morgan fingerprint density at radius 3 is 2.67 bits per heavy atom. The van der Waals surface area contributed by atoms with Crippen molar-refractivity contribution in [1.29, 1.82) is 0 Å². The third-order valence-corrected chi connectivity index (χ3v) is 2.46. The number of benzene rings is 1. The SMILES string of the molecule is C=C/C(=C\C)c1cc2ccccc2cn1. The van der Waals surface area contributed by atoms with Crippen LogP contribution in [0.4, 0.5) is 0 Å². The molecule has 1 aromatic heterocycles. The number of fused-ring (bicyclic) bond motifs is 1. The van der Waals surface area contributed by atoms with E-state index in [1.165, 1.54) is 10.8 Å². The van der Waals surface area contributed by atoms with Crippen molar-refractivity contribution in [3.63, 3.8) is 0 Å². The van der Waals surface area contributed by atoms with Crippen molar-refractivity contribution in [1.82, 2.24) is 4.98 Å². The molecule has 2 aromatic rings.